The van der Waals surface area contributed by atoms with E-state index in [1.165, 1.54) is 6.34 Å². The first-order valence-electron chi connectivity index (χ1n) is 4.69. The average Bonchev–Trinajstić information content (AvgIpc) is 2.63. The Kier molecular flexibility index (Phi) is 2.40. The number of carbonyl (C=O) groups excluding carboxylic acids is 2. The van der Waals surface area contributed by atoms with Crippen LogP contribution in [0.1, 0.15) is 6.92 Å². The second kappa shape index (κ2) is 3.72. The van der Waals surface area contributed by atoms with E-state index in [0.29, 0.717) is 18.7 Å². The standard InChI is InChI=1S/C9H11N3O3/c1-2-15-9(14)6-3-7-8(13)10-5-11-12(7)4-6/h3,5,7H,2,4H2,1H3,(H,10,11,13)/t7-/m0/s1. The van der Waals surface area contributed by atoms with Crippen LogP contribution in [0.4, 0.5) is 0 Å². The molecule has 6 nitrogen and oxygen atoms in total. The predicted octanol–water partition coefficient (Wildman–Crippen LogP) is -0.767. The fourth-order valence-corrected chi connectivity index (χ4v) is 1.53. The zero-order valence-electron chi connectivity index (χ0n) is 8.27. The van der Waals surface area contributed by atoms with E-state index in [2.05, 4.69) is 10.4 Å². The first-order valence-corrected chi connectivity index (χ1v) is 4.69. The Balaban J connectivity index is 2.13. The molecule has 1 amide bonds. The van der Waals surface area contributed by atoms with Crippen molar-refractivity contribution in [2.45, 2.75) is 13.0 Å². The number of fused-ring (bicyclic) bond motifs is 1. The van der Waals surface area contributed by atoms with Crippen molar-refractivity contribution < 1.29 is 14.3 Å². The second-order valence-electron chi connectivity index (χ2n) is 3.21. The highest BCUT2D eigenvalue weighted by Gasteiger charge is 2.34. The third kappa shape index (κ3) is 1.70. The summed E-state index contributed by atoms with van der Waals surface area (Å²) in [4.78, 5) is 22.8. The van der Waals surface area contributed by atoms with Crippen molar-refractivity contribution in [3.05, 3.63) is 11.6 Å². The van der Waals surface area contributed by atoms with Crippen LogP contribution in [-0.2, 0) is 14.3 Å². The lowest BCUT2D eigenvalue weighted by Gasteiger charge is -2.22. The number of carbonyl (C=O) groups is 2. The van der Waals surface area contributed by atoms with Gasteiger partial charge in [-0.15, -0.1) is 0 Å². The molecule has 0 bridgehead atoms. The van der Waals surface area contributed by atoms with Crippen molar-refractivity contribution in [3.8, 4) is 0 Å². The van der Waals surface area contributed by atoms with Gasteiger partial charge in [-0.2, -0.15) is 5.10 Å². The fourth-order valence-electron chi connectivity index (χ4n) is 1.53. The van der Waals surface area contributed by atoms with Gasteiger partial charge in [0.05, 0.1) is 18.7 Å². The van der Waals surface area contributed by atoms with E-state index in [1.54, 1.807) is 18.0 Å². The van der Waals surface area contributed by atoms with Crippen molar-refractivity contribution >= 4 is 18.2 Å². The van der Waals surface area contributed by atoms with Crippen molar-refractivity contribution in [2.75, 3.05) is 13.2 Å². The maximum atomic E-state index is 11.4. The van der Waals surface area contributed by atoms with Gasteiger partial charge in [-0.25, -0.2) is 4.79 Å². The van der Waals surface area contributed by atoms with E-state index in [0.717, 1.165) is 0 Å². The molecule has 0 radical (unpaired) electrons. The molecule has 0 saturated carbocycles. The minimum absolute atomic E-state index is 0.177. The molecule has 2 aliphatic heterocycles. The van der Waals surface area contributed by atoms with Gasteiger partial charge in [0.25, 0.3) is 5.91 Å². The molecule has 0 aromatic rings. The Morgan fingerprint density at radius 3 is 3.27 bits per heavy atom. The maximum absolute atomic E-state index is 11.4. The summed E-state index contributed by atoms with van der Waals surface area (Å²) in [6.45, 7) is 2.40. The quantitative estimate of drug-likeness (QED) is 0.606. The fraction of sp³-hybridized carbons (Fsp3) is 0.444. The van der Waals surface area contributed by atoms with Crippen LogP contribution in [0, 0.1) is 0 Å². The molecule has 0 spiro atoms. The number of hydrogen-bond donors (Lipinski definition) is 1. The van der Waals surface area contributed by atoms with E-state index < -0.39 is 6.04 Å². The Bertz CT molecular complexity index is 362. The molecule has 0 aliphatic carbocycles. The van der Waals surface area contributed by atoms with Crippen LogP contribution in [0.5, 0.6) is 0 Å². The minimum Gasteiger partial charge on any atom is -0.463 e. The third-order valence-electron chi connectivity index (χ3n) is 2.23. The molecule has 6 heteroatoms. The van der Waals surface area contributed by atoms with Crippen LogP contribution in [-0.4, -0.2) is 42.4 Å². The van der Waals surface area contributed by atoms with Gasteiger partial charge in [0, 0.05) is 0 Å². The van der Waals surface area contributed by atoms with Crippen LogP contribution in [0.3, 0.4) is 0 Å². The molecule has 0 fully saturated rings. The van der Waals surface area contributed by atoms with Crippen molar-refractivity contribution in [1.29, 1.82) is 0 Å². The highest BCUT2D eigenvalue weighted by molar-refractivity contribution is 5.98. The zero-order valence-corrected chi connectivity index (χ0v) is 8.27. The monoisotopic (exact) mass is 209 g/mol. The molecule has 0 aromatic carbocycles. The van der Waals surface area contributed by atoms with Crippen molar-refractivity contribution in [2.24, 2.45) is 5.10 Å². The molecule has 0 aromatic heterocycles. The predicted molar refractivity (Wildman–Crippen MR) is 51.8 cm³/mol. The smallest absolute Gasteiger partial charge is 0.335 e. The first kappa shape index (κ1) is 9.70. The van der Waals surface area contributed by atoms with E-state index in [4.69, 9.17) is 4.74 Å². The molecule has 80 valence electrons. The Labute approximate surface area is 86.6 Å². The normalized spacial score (nSPS) is 23.3. The lowest BCUT2D eigenvalue weighted by atomic mass is 10.2. The van der Waals surface area contributed by atoms with Crippen molar-refractivity contribution in [1.82, 2.24) is 10.3 Å². The van der Waals surface area contributed by atoms with Crippen molar-refractivity contribution in [3.63, 3.8) is 0 Å². The molecule has 2 aliphatic rings. The van der Waals surface area contributed by atoms with Gasteiger partial charge in [-0.05, 0) is 13.0 Å². The van der Waals surface area contributed by atoms with Gasteiger partial charge >= 0.3 is 5.97 Å². The number of amides is 1. The number of nitrogens with one attached hydrogen (secondary N) is 1. The van der Waals surface area contributed by atoms with Gasteiger partial charge in [-0.3, -0.25) is 9.80 Å². The summed E-state index contributed by atoms with van der Waals surface area (Å²) in [5.41, 5.74) is 0.482. The van der Waals surface area contributed by atoms with Crippen LogP contribution >= 0.6 is 0 Å². The molecule has 0 saturated heterocycles. The van der Waals surface area contributed by atoms with E-state index in [-0.39, 0.29) is 11.9 Å². The maximum Gasteiger partial charge on any atom is 0.335 e. The lowest BCUT2D eigenvalue weighted by Crippen LogP contribution is -2.45. The molecule has 1 N–H and O–H groups in total. The first-order chi connectivity index (χ1) is 7.22. The number of hydrazone groups is 1. The molecule has 1 atom stereocenters. The number of ether oxygens (including phenoxy) is 1. The summed E-state index contributed by atoms with van der Waals surface area (Å²) in [7, 11) is 0. The van der Waals surface area contributed by atoms with Crippen LogP contribution < -0.4 is 5.32 Å². The average molecular weight is 209 g/mol. The van der Waals surface area contributed by atoms with Gasteiger partial charge in [0.1, 0.15) is 12.4 Å². The molecular weight excluding hydrogens is 198 g/mol. The topological polar surface area (TPSA) is 71.0 Å². The van der Waals surface area contributed by atoms with Gasteiger partial charge in [0.15, 0.2) is 0 Å². The molecular formula is C9H11N3O3. The summed E-state index contributed by atoms with van der Waals surface area (Å²) in [6, 6.07) is -0.477. The van der Waals surface area contributed by atoms with Gasteiger partial charge in [0.2, 0.25) is 0 Å². The molecule has 2 rings (SSSR count). The number of esters is 1. The summed E-state index contributed by atoms with van der Waals surface area (Å²) < 4.78 is 4.85. The van der Waals surface area contributed by atoms with Crippen LogP contribution in [0.25, 0.3) is 0 Å². The summed E-state index contributed by atoms with van der Waals surface area (Å²) >= 11 is 0. The van der Waals surface area contributed by atoms with E-state index in [1.807, 2.05) is 0 Å². The Morgan fingerprint density at radius 2 is 2.60 bits per heavy atom. The molecule has 0 unspecified atom stereocenters. The van der Waals surface area contributed by atoms with E-state index in [9.17, 15) is 9.59 Å². The molecule has 15 heavy (non-hydrogen) atoms. The van der Waals surface area contributed by atoms with Crippen LogP contribution in [0.2, 0.25) is 0 Å². The Morgan fingerprint density at radius 1 is 1.80 bits per heavy atom. The summed E-state index contributed by atoms with van der Waals surface area (Å²) in [5.74, 6) is -0.556. The largest absolute Gasteiger partial charge is 0.463 e. The zero-order chi connectivity index (χ0) is 10.8. The van der Waals surface area contributed by atoms with Crippen LogP contribution in [0.15, 0.2) is 16.8 Å². The minimum atomic E-state index is -0.477. The number of nitrogens with zero attached hydrogens (tertiary/aromatic N) is 2. The molecule has 2 heterocycles. The van der Waals surface area contributed by atoms with E-state index >= 15 is 0 Å². The third-order valence-corrected chi connectivity index (χ3v) is 2.23. The number of rotatable bonds is 2. The highest BCUT2D eigenvalue weighted by Crippen LogP contribution is 2.19. The second-order valence-corrected chi connectivity index (χ2v) is 3.21. The Hall–Kier alpha value is -1.85. The van der Waals surface area contributed by atoms with Gasteiger partial charge in [-0.1, -0.05) is 0 Å². The van der Waals surface area contributed by atoms with Gasteiger partial charge < -0.3 is 10.1 Å². The number of hydrogen-bond acceptors (Lipinski definition) is 5. The lowest BCUT2D eigenvalue weighted by molar-refractivity contribution is -0.138. The SMILES string of the molecule is CCOC(=O)C1=C[C@H]2C(=O)NC=NN2C1. The summed E-state index contributed by atoms with van der Waals surface area (Å²) in [6.07, 6.45) is 2.91. The summed E-state index contributed by atoms with van der Waals surface area (Å²) in [5, 5.41) is 7.97. The highest BCUT2D eigenvalue weighted by atomic mass is 16.5.